The van der Waals surface area contributed by atoms with Crippen molar-refractivity contribution < 1.29 is 17.9 Å². The van der Waals surface area contributed by atoms with Crippen molar-refractivity contribution in [2.24, 2.45) is 0 Å². The average molecular weight is 340 g/mol. The summed E-state index contributed by atoms with van der Waals surface area (Å²) >= 11 is 0. The van der Waals surface area contributed by atoms with Gasteiger partial charge in [-0.25, -0.2) is 13.1 Å². The second kappa shape index (κ2) is 7.90. The highest BCUT2D eigenvalue weighted by molar-refractivity contribution is 7.89. The lowest BCUT2D eigenvalue weighted by atomic mass is 10.0. The molecule has 0 aromatic heterocycles. The van der Waals surface area contributed by atoms with Crippen molar-refractivity contribution in [2.45, 2.75) is 38.0 Å². The van der Waals surface area contributed by atoms with Crippen LogP contribution < -0.4 is 9.62 Å². The van der Waals surface area contributed by atoms with Gasteiger partial charge in [0.25, 0.3) is 0 Å². The average Bonchev–Trinajstić information content (AvgIpc) is 2.53. The van der Waals surface area contributed by atoms with E-state index in [4.69, 9.17) is 4.74 Å². The molecule has 0 saturated carbocycles. The summed E-state index contributed by atoms with van der Waals surface area (Å²) in [4.78, 5) is 13.6. The quantitative estimate of drug-likeness (QED) is 0.767. The molecule has 0 spiro atoms. The molecule has 2 rings (SSSR count). The van der Waals surface area contributed by atoms with Gasteiger partial charge in [-0.05, 0) is 49.9 Å². The standard InChI is InChI=1S/C16H24N2O4S/c1-3-22-11-5-9-17-23(20,21)15-7-8-16-14(12-15)6-4-10-18(16)13(2)19/h7-8,12,17H,3-6,9-11H2,1-2H3. The number of sulfonamides is 1. The maximum Gasteiger partial charge on any atom is 0.240 e. The zero-order valence-corrected chi connectivity index (χ0v) is 14.5. The molecular formula is C16H24N2O4S. The molecule has 23 heavy (non-hydrogen) atoms. The number of hydrogen-bond donors (Lipinski definition) is 1. The van der Waals surface area contributed by atoms with Gasteiger partial charge in [-0.2, -0.15) is 0 Å². The van der Waals surface area contributed by atoms with E-state index in [1.165, 1.54) is 6.92 Å². The van der Waals surface area contributed by atoms with Crippen LogP contribution in [0, 0.1) is 0 Å². The van der Waals surface area contributed by atoms with Crippen molar-refractivity contribution >= 4 is 21.6 Å². The molecule has 0 aliphatic carbocycles. The van der Waals surface area contributed by atoms with Crippen LogP contribution >= 0.6 is 0 Å². The smallest absolute Gasteiger partial charge is 0.240 e. The van der Waals surface area contributed by atoms with Gasteiger partial charge in [-0.15, -0.1) is 0 Å². The van der Waals surface area contributed by atoms with Gasteiger partial charge in [0, 0.05) is 38.9 Å². The number of amides is 1. The third-order valence-electron chi connectivity index (χ3n) is 3.82. The Morgan fingerprint density at radius 3 is 2.87 bits per heavy atom. The fourth-order valence-electron chi connectivity index (χ4n) is 2.68. The second-order valence-corrected chi connectivity index (χ2v) is 7.28. The van der Waals surface area contributed by atoms with Crippen molar-refractivity contribution in [2.75, 3.05) is 31.2 Å². The van der Waals surface area contributed by atoms with Crippen LogP contribution in [0.2, 0.25) is 0 Å². The summed E-state index contributed by atoms with van der Waals surface area (Å²) in [5.74, 6) is -0.0180. The Morgan fingerprint density at radius 2 is 2.17 bits per heavy atom. The van der Waals surface area contributed by atoms with Crippen LogP contribution in [0.1, 0.15) is 32.3 Å². The minimum Gasteiger partial charge on any atom is -0.382 e. The van der Waals surface area contributed by atoms with Crippen LogP contribution in [0.25, 0.3) is 0 Å². The van der Waals surface area contributed by atoms with Gasteiger partial charge in [-0.3, -0.25) is 4.79 Å². The highest BCUT2D eigenvalue weighted by Crippen LogP contribution is 2.29. The first-order valence-electron chi connectivity index (χ1n) is 7.94. The van der Waals surface area contributed by atoms with Crippen LogP contribution in [0.4, 0.5) is 5.69 Å². The number of nitrogens with one attached hydrogen (secondary N) is 1. The number of carbonyl (C=O) groups excluding carboxylic acids is 1. The number of nitrogens with zero attached hydrogens (tertiary/aromatic N) is 1. The summed E-state index contributed by atoms with van der Waals surface area (Å²) in [6.07, 6.45) is 2.26. The van der Waals surface area contributed by atoms with Gasteiger partial charge in [0.1, 0.15) is 0 Å². The van der Waals surface area contributed by atoms with Crippen molar-refractivity contribution in [3.05, 3.63) is 23.8 Å². The number of hydrogen-bond acceptors (Lipinski definition) is 4. The molecule has 0 radical (unpaired) electrons. The molecule has 1 aliphatic rings. The van der Waals surface area contributed by atoms with E-state index < -0.39 is 10.0 Å². The molecule has 1 aromatic rings. The Labute approximate surface area is 137 Å². The molecule has 0 atom stereocenters. The monoisotopic (exact) mass is 340 g/mol. The van der Waals surface area contributed by atoms with Crippen molar-refractivity contribution in [1.29, 1.82) is 0 Å². The Kier molecular flexibility index (Phi) is 6.15. The predicted molar refractivity (Wildman–Crippen MR) is 89.1 cm³/mol. The minimum atomic E-state index is -3.53. The molecule has 0 saturated heterocycles. The molecule has 0 bridgehead atoms. The van der Waals surface area contributed by atoms with Gasteiger partial charge >= 0.3 is 0 Å². The van der Waals surface area contributed by atoms with Crippen LogP contribution in [0.5, 0.6) is 0 Å². The van der Waals surface area contributed by atoms with E-state index in [-0.39, 0.29) is 10.8 Å². The summed E-state index contributed by atoms with van der Waals surface area (Å²) in [6.45, 7) is 5.63. The summed E-state index contributed by atoms with van der Waals surface area (Å²) < 4.78 is 32.4. The molecule has 128 valence electrons. The zero-order chi connectivity index (χ0) is 16.9. The number of ether oxygens (including phenoxy) is 1. The second-order valence-electron chi connectivity index (χ2n) is 5.51. The molecule has 7 heteroatoms. The highest BCUT2D eigenvalue weighted by atomic mass is 32.2. The van der Waals surface area contributed by atoms with E-state index in [9.17, 15) is 13.2 Å². The van der Waals surface area contributed by atoms with Crippen molar-refractivity contribution in [3.8, 4) is 0 Å². The van der Waals surface area contributed by atoms with Crippen LogP contribution in [0.3, 0.4) is 0 Å². The largest absolute Gasteiger partial charge is 0.382 e. The first kappa shape index (κ1) is 17.9. The predicted octanol–water partition coefficient (Wildman–Crippen LogP) is 1.69. The third-order valence-corrected chi connectivity index (χ3v) is 5.28. The summed E-state index contributed by atoms with van der Waals surface area (Å²) in [5, 5.41) is 0. The van der Waals surface area contributed by atoms with E-state index in [0.29, 0.717) is 32.7 Å². The van der Waals surface area contributed by atoms with E-state index in [2.05, 4.69) is 4.72 Å². The lowest BCUT2D eigenvalue weighted by Crippen LogP contribution is -2.33. The van der Waals surface area contributed by atoms with Gasteiger partial charge in [0.2, 0.25) is 15.9 Å². The van der Waals surface area contributed by atoms with E-state index >= 15 is 0 Å². The molecule has 1 aliphatic heterocycles. The fraction of sp³-hybridized carbons (Fsp3) is 0.562. The number of benzene rings is 1. The molecule has 1 aromatic carbocycles. The first-order valence-corrected chi connectivity index (χ1v) is 9.42. The first-order chi connectivity index (χ1) is 11.0. The van der Waals surface area contributed by atoms with E-state index in [1.807, 2.05) is 6.92 Å². The minimum absolute atomic E-state index is 0.0180. The summed E-state index contributed by atoms with van der Waals surface area (Å²) in [6, 6.07) is 4.96. The Balaban J connectivity index is 2.10. The lowest BCUT2D eigenvalue weighted by Gasteiger charge is -2.28. The fourth-order valence-corrected chi connectivity index (χ4v) is 3.80. The SMILES string of the molecule is CCOCCCNS(=O)(=O)c1ccc2c(c1)CCCN2C(C)=O. The molecule has 0 fully saturated rings. The summed E-state index contributed by atoms with van der Waals surface area (Å²) in [7, 11) is -3.53. The van der Waals surface area contributed by atoms with E-state index in [1.54, 1.807) is 23.1 Å². The van der Waals surface area contributed by atoms with E-state index in [0.717, 1.165) is 24.1 Å². The molecule has 1 heterocycles. The molecule has 1 N–H and O–H groups in total. The Hall–Kier alpha value is -1.44. The van der Waals surface area contributed by atoms with Crippen LogP contribution in [-0.4, -0.2) is 40.6 Å². The summed E-state index contributed by atoms with van der Waals surface area (Å²) in [5.41, 5.74) is 1.72. The number of carbonyl (C=O) groups is 1. The topological polar surface area (TPSA) is 75.7 Å². The Morgan fingerprint density at radius 1 is 1.39 bits per heavy atom. The van der Waals surface area contributed by atoms with Crippen LogP contribution in [-0.2, 0) is 26.0 Å². The number of aryl methyl sites for hydroxylation is 1. The number of anilines is 1. The Bertz CT molecular complexity index is 658. The number of fused-ring (bicyclic) bond motifs is 1. The third kappa shape index (κ3) is 4.53. The molecular weight excluding hydrogens is 316 g/mol. The normalized spacial score (nSPS) is 14.6. The van der Waals surface area contributed by atoms with Crippen LogP contribution in [0.15, 0.2) is 23.1 Å². The van der Waals surface area contributed by atoms with Gasteiger partial charge in [0.15, 0.2) is 0 Å². The van der Waals surface area contributed by atoms with Gasteiger partial charge in [-0.1, -0.05) is 0 Å². The molecule has 0 unspecified atom stereocenters. The maximum absolute atomic E-state index is 12.3. The zero-order valence-electron chi connectivity index (χ0n) is 13.7. The lowest BCUT2D eigenvalue weighted by molar-refractivity contribution is -0.116. The molecule has 1 amide bonds. The molecule has 6 nitrogen and oxygen atoms in total. The van der Waals surface area contributed by atoms with Crippen molar-refractivity contribution in [3.63, 3.8) is 0 Å². The number of rotatable bonds is 7. The van der Waals surface area contributed by atoms with Gasteiger partial charge in [0.05, 0.1) is 4.90 Å². The highest BCUT2D eigenvalue weighted by Gasteiger charge is 2.22. The maximum atomic E-state index is 12.3. The van der Waals surface area contributed by atoms with Crippen molar-refractivity contribution in [1.82, 2.24) is 4.72 Å². The van der Waals surface area contributed by atoms with Gasteiger partial charge < -0.3 is 9.64 Å².